The van der Waals surface area contributed by atoms with Gasteiger partial charge in [0.05, 0.1) is 24.0 Å². The highest BCUT2D eigenvalue weighted by Gasteiger charge is 2.26. The van der Waals surface area contributed by atoms with Crippen molar-refractivity contribution in [3.8, 4) is 28.6 Å². The molecule has 0 spiro atoms. The smallest absolute Gasteiger partial charge is 0.390 e. The highest BCUT2D eigenvalue weighted by molar-refractivity contribution is 5.96. The van der Waals surface area contributed by atoms with Crippen LogP contribution in [-0.4, -0.2) is 44.9 Å². The average Bonchev–Trinajstić information content (AvgIpc) is 3.31. The summed E-state index contributed by atoms with van der Waals surface area (Å²) >= 11 is 0. The van der Waals surface area contributed by atoms with E-state index in [1.54, 1.807) is 36.5 Å². The normalized spacial score (nSPS) is 11.7. The Kier molecular flexibility index (Phi) is 8.51. The van der Waals surface area contributed by atoms with E-state index in [9.17, 15) is 23.1 Å². The molecule has 0 unspecified atom stereocenters. The van der Waals surface area contributed by atoms with Gasteiger partial charge in [0.15, 0.2) is 17.1 Å². The molecule has 0 aliphatic rings. The Morgan fingerprint density at radius 1 is 1.15 bits per heavy atom. The molecule has 0 fully saturated rings. The van der Waals surface area contributed by atoms with Crippen molar-refractivity contribution in [3.63, 3.8) is 0 Å². The van der Waals surface area contributed by atoms with Crippen LogP contribution in [0.25, 0.3) is 16.9 Å². The molecular weight excluding hydrogens is 523 g/mol. The lowest BCUT2D eigenvalue weighted by Gasteiger charge is -2.15. The van der Waals surface area contributed by atoms with Crippen LogP contribution < -0.4 is 15.4 Å². The van der Waals surface area contributed by atoms with Gasteiger partial charge in [-0.2, -0.15) is 13.2 Å². The van der Waals surface area contributed by atoms with E-state index in [2.05, 4.69) is 20.7 Å². The van der Waals surface area contributed by atoms with Crippen molar-refractivity contribution in [2.24, 2.45) is 0 Å². The Hall–Kier alpha value is -4.28. The maximum Gasteiger partial charge on any atom is 0.390 e. The number of imidazole rings is 1. The summed E-state index contributed by atoms with van der Waals surface area (Å²) < 4.78 is 46.0. The van der Waals surface area contributed by atoms with E-state index in [0.717, 1.165) is 12.0 Å². The molecule has 40 heavy (non-hydrogen) atoms. The Morgan fingerprint density at radius 2 is 1.93 bits per heavy atom. The van der Waals surface area contributed by atoms with Gasteiger partial charge in [-0.3, -0.25) is 4.79 Å². The van der Waals surface area contributed by atoms with Gasteiger partial charge >= 0.3 is 6.18 Å². The van der Waals surface area contributed by atoms with E-state index >= 15 is 0 Å². The number of benzene rings is 2. The number of aromatic nitrogens is 3. The largest absolute Gasteiger partial charge is 0.504 e. The molecule has 2 aromatic carbocycles. The fourth-order valence-electron chi connectivity index (χ4n) is 4.27. The molecule has 2 aromatic heterocycles. The second-order valence-electron chi connectivity index (χ2n) is 9.80. The van der Waals surface area contributed by atoms with E-state index in [1.165, 1.54) is 10.6 Å². The van der Waals surface area contributed by atoms with Gasteiger partial charge in [0.1, 0.15) is 0 Å². The van der Waals surface area contributed by atoms with Crippen molar-refractivity contribution < 1.29 is 27.8 Å². The first-order valence-corrected chi connectivity index (χ1v) is 13.1. The van der Waals surface area contributed by atoms with Crippen LogP contribution >= 0.6 is 0 Å². The fraction of sp³-hybridized carbons (Fsp3) is 0.345. The first kappa shape index (κ1) is 28.7. The number of amides is 1. The van der Waals surface area contributed by atoms with Crippen LogP contribution in [0.4, 0.5) is 18.9 Å². The number of ether oxygens (including phenoxy) is 1. The van der Waals surface area contributed by atoms with Crippen molar-refractivity contribution in [1.82, 2.24) is 19.9 Å². The monoisotopic (exact) mass is 555 g/mol. The predicted molar refractivity (Wildman–Crippen MR) is 147 cm³/mol. The number of phenols is 1. The van der Waals surface area contributed by atoms with E-state index in [0.29, 0.717) is 34.6 Å². The van der Waals surface area contributed by atoms with Gasteiger partial charge in [0.2, 0.25) is 5.88 Å². The lowest BCUT2D eigenvalue weighted by atomic mass is 10.0. The number of hydrogen-bond acceptors (Lipinski definition) is 6. The van der Waals surface area contributed by atoms with Gasteiger partial charge in [-0.25, -0.2) is 9.50 Å². The minimum atomic E-state index is -4.33. The number of aromatic hydroxyl groups is 1. The number of nitrogens with one attached hydrogen (secondary N) is 2. The molecule has 0 radical (unpaired) electrons. The molecule has 11 heteroatoms. The molecule has 3 N–H and O–H groups in total. The highest BCUT2D eigenvalue weighted by Crippen LogP contribution is 2.37. The number of aryl methyl sites for hydroxylation is 1. The molecule has 8 nitrogen and oxygen atoms in total. The quantitative estimate of drug-likeness (QED) is 0.198. The number of carbonyl (C=O) groups is 1. The highest BCUT2D eigenvalue weighted by atomic mass is 19.4. The van der Waals surface area contributed by atoms with Crippen LogP contribution in [0.2, 0.25) is 0 Å². The molecule has 0 aliphatic carbocycles. The summed E-state index contributed by atoms with van der Waals surface area (Å²) in [5.41, 5.74) is 3.80. The van der Waals surface area contributed by atoms with E-state index in [-0.39, 0.29) is 41.4 Å². The number of fused-ring (bicyclic) bond motifs is 1. The van der Waals surface area contributed by atoms with Crippen LogP contribution in [0.15, 0.2) is 48.7 Å². The standard InChI is InChI=1S/C29H32F3N5O3/c1-5-12-34-28(39)21-10-9-19(14-18(21)4)23-16-35-27-22(33-13-11-29(30,31)32)15-25(36-37(23)27)40-24-8-6-7-20(17(2)3)26(24)38/h6-10,14-17,33,38H,5,11-13H2,1-4H3,(H,34,39). The summed E-state index contributed by atoms with van der Waals surface area (Å²) in [7, 11) is 0. The van der Waals surface area contributed by atoms with E-state index in [1.807, 2.05) is 33.8 Å². The number of phenolic OH excluding ortho intramolecular Hbond substituents is 1. The van der Waals surface area contributed by atoms with Crippen LogP contribution in [0.1, 0.15) is 61.0 Å². The molecule has 0 bridgehead atoms. The number of para-hydroxylation sites is 1. The van der Waals surface area contributed by atoms with Crippen LogP contribution in [0.3, 0.4) is 0 Å². The first-order chi connectivity index (χ1) is 19.0. The van der Waals surface area contributed by atoms with Gasteiger partial charge in [-0.15, -0.1) is 5.10 Å². The van der Waals surface area contributed by atoms with Crippen molar-refractivity contribution in [2.75, 3.05) is 18.4 Å². The van der Waals surface area contributed by atoms with Crippen LogP contribution in [-0.2, 0) is 0 Å². The first-order valence-electron chi connectivity index (χ1n) is 13.1. The molecule has 0 aliphatic heterocycles. The molecule has 0 saturated heterocycles. The number of alkyl halides is 3. The van der Waals surface area contributed by atoms with Crippen molar-refractivity contribution in [2.45, 2.75) is 52.6 Å². The van der Waals surface area contributed by atoms with Crippen LogP contribution in [0.5, 0.6) is 17.4 Å². The topological polar surface area (TPSA) is 101 Å². The Morgan fingerprint density at radius 3 is 2.60 bits per heavy atom. The summed E-state index contributed by atoms with van der Waals surface area (Å²) in [4.78, 5) is 16.9. The number of anilines is 1. The second kappa shape index (κ2) is 11.8. The van der Waals surface area contributed by atoms with Gasteiger partial charge in [-0.05, 0) is 43.0 Å². The molecular formula is C29H32F3N5O3. The molecule has 4 aromatic rings. The second-order valence-corrected chi connectivity index (χ2v) is 9.80. The van der Waals surface area contributed by atoms with E-state index < -0.39 is 12.6 Å². The lowest BCUT2D eigenvalue weighted by Crippen LogP contribution is -2.24. The summed E-state index contributed by atoms with van der Waals surface area (Å²) in [6.07, 6.45) is -2.99. The summed E-state index contributed by atoms with van der Waals surface area (Å²) in [6.45, 7) is 7.86. The molecule has 4 rings (SSSR count). The third-order valence-electron chi connectivity index (χ3n) is 6.34. The molecule has 0 saturated carbocycles. The molecule has 1 amide bonds. The number of nitrogens with zero attached hydrogens (tertiary/aromatic N) is 3. The molecule has 2 heterocycles. The van der Waals surface area contributed by atoms with Gasteiger partial charge in [0, 0.05) is 35.8 Å². The number of halogens is 3. The zero-order valence-electron chi connectivity index (χ0n) is 22.8. The molecule has 0 atom stereocenters. The number of hydrogen-bond donors (Lipinski definition) is 3. The third kappa shape index (κ3) is 6.47. The van der Waals surface area contributed by atoms with Gasteiger partial charge in [-0.1, -0.05) is 39.0 Å². The third-order valence-corrected chi connectivity index (χ3v) is 6.34. The lowest BCUT2D eigenvalue weighted by molar-refractivity contribution is -0.131. The maximum atomic E-state index is 12.9. The van der Waals surface area contributed by atoms with E-state index in [4.69, 9.17) is 4.74 Å². The van der Waals surface area contributed by atoms with Gasteiger partial charge < -0.3 is 20.5 Å². The summed E-state index contributed by atoms with van der Waals surface area (Å²) in [6, 6.07) is 11.9. The minimum absolute atomic E-state index is 0.0362. The minimum Gasteiger partial charge on any atom is -0.504 e. The maximum absolute atomic E-state index is 12.9. The average molecular weight is 556 g/mol. The number of carbonyl (C=O) groups excluding carboxylic acids is 1. The molecule has 212 valence electrons. The van der Waals surface area contributed by atoms with Gasteiger partial charge in [0.25, 0.3) is 5.91 Å². The Labute approximate surface area is 230 Å². The van der Waals surface area contributed by atoms with Crippen molar-refractivity contribution in [3.05, 3.63) is 65.4 Å². The SMILES string of the molecule is CCCNC(=O)c1ccc(-c2cnc3c(NCCC(F)(F)F)cc(Oc4cccc(C(C)C)c4O)nn23)cc1C. The predicted octanol–water partition coefficient (Wildman–Crippen LogP) is 6.83. The fourth-order valence-corrected chi connectivity index (χ4v) is 4.27. The van der Waals surface area contributed by atoms with Crippen molar-refractivity contribution >= 4 is 17.2 Å². The summed E-state index contributed by atoms with van der Waals surface area (Å²) in [5.74, 6) is 0.0416. The zero-order chi connectivity index (χ0) is 29.0. The summed E-state index contributed by atoms with van der Waals surface area (Å²) in [5, 5.41) is 20.9. The van der Waals surface area contributed by atoms with Crippen molar-refractivity contribution in [1.29, 1.82) is 0 Å². The Bertz CT molecular complexity index is 1520. The Balaban J connectivity index is 1.76. The van der Waals surface area contributed by atoms with Crippen LogP contribution in [0, 0.1) is 6.92 Å². The zero-order valence-corrected chi connectivity index (χ0v) is 22.8. The number of rotatable bonds is 10.